The Kier molecular flexibility index (Phi) is 5.47. The van der Waals surface area contributed by atoms with Crippen LogP contribution in [0.1, 0.15) is 11.1 Å². The van der Waals surface area contributed by atoms with E-state index in [-0.39, 0.29) is 11.8 Å². The number of nitrogens with one attached hydrogen (secondary N) is 1. The smallest absolute Gasteiger partial charge is 0.228 e. The van der Waals surface area contributed by atoms with Crippen LogP contribution >= 0.6 is 0 Å². The molecule has 0 radical (unpaired) electrons. The number of rotatable bonds is 6. The van der Waals surface area contributed by atoms with Crippen molar-refractivity contribution in [2.24, 2.45) is 5.92 Å². The summed E-state index contributed by atoms with van der Waals surface area (Å²) in [7, 11) is 0. The van der Waals surface area contributed by atoms with Crippen LogP contribution in [0, 0.1) is 5.92 Å². The first kappa shape index (κ1) is 16.8. The molecule has 0 unspecified atom stereocenters. The van der Waals surface area contributed by atoms with Crippen molar-refractivity contribution in [2.75, 3.05) is 11.1 Å². The van der Waals surface area contributed by atoms with E-state index >= 15 is 0 Å². The van der Waals surface area contributed by atoms with E-state index < -0.39 is 0 Å². The van der Waals surface area contributed by atoms with Crippen LogP contribution in [0.15, 0.2) is 84.9 Å². The van der Waals surface area contributed by atoms with Gasteiger partial charge in [-0.25, -0.2) is 0 Å². The maximum Gasteiger partial charge on any atom is 0.228 e. The summed E-state index contributed by atoms with van der Waals surface area (Å²) in [5.41, 5.74) is 9.50. The molecule has 3 aromatic carbocycles. The summed E-state index contributed by atoms with van der Waals surface area (Å²) < 4.78 is 0. The number of anilines is 2. The van der Waals surface area contributed by atoms with E-state index in [9.17, 15) is 4.79 Å². The van der Waals surface area contributed by atoms with Gasteiger partial charge in [-0.1, -0.05) is 66.7 Å². The van der Waals surface area contributed by atoms with Gasteiger partial charge in [-0.05, 0) is 42.2 Å². The Morgan fingerprint density at radius 2 is 1.36 bits per heavy atom. The normalized spacial score (nSPS) is 10.6. The lowest BCUT2D eigenvalue weighted by atomic mass is 9.91. The molecule has 0 saturated carbocycles. The van der Waals surface area contributed by atoms with Crippen molar-refractivity contribution in [3.05, 3.63) is 96.1 Å². The first-order chi connectivity index (χ1) is 12.2. The maximum absolute atomic E-state index is 12.9. The quantitative estimate of drug-likeness (QED) is 0.662. The van der Waals surface area contributed by atoms with Crippen LogP contribution in [0.2, 0.25) is 0 Å². The zero-order valence-corrected chi connectivity index (χ0v) is 14.1. The summed E-state index contributed by atoms with van der Waals surface area (Å²) in [5, 5.41) is 3.00. The van der Waals surface area contributed by atoms with E-state index in [1.54, 1.807) is 12.1 Å². The monoisotopic (exact) mass is 330 g/mol. The molecule has 0 heterocycles. The van der Waals surface area contributed by atoms with Gasteiger partial charge in [0.05, 0.1) is 0 Å². The molecule has 0 fully saturated rings. The second kappa shape index (κ2) is 8.15. The van der Waals surface area contributed by atoms with Gasteiger partial charge in [0.15, 0.2) is 0 Å². The second-order valence-electron chi connectivity index (χ2n) is 6.19. The van der Waals surface area contributed by atoms with Gasteiger partial charge in [0, 0.05) is 17.3 Å². The molecule has 1 amide bonds. The van der Waals surface area contributed by atoms with Crippen molar-refractivity contribution >= 4 is 17.3 Å². The van der Waals surface area contributed by atoms with Gasteiger partial charge in [0.2, 0.25) is 5.91 Å². The molecule has 3 aromatic rings. The topological polar surface area (TPSA) is 55.1 Å². The summed E-state index contributed by atoms with van der Waals surface area (Å²) in [5.74, 6) is -0.135. The Labute approximate surface area is 148 Å². The van der Waals surface area contributed by atoms with Crippen molar-refractivity contribution in [1.29, 1.82) is 0 Å². The molecular weight excluding hydrogens is 308 g/mol. The van der Waals surface area contributed by atoms with Crippen LogP contribution in [-0.2, 0) is 17.6 Å². The molecule has 0 aliphatic rings. The minimum absolute atomic E-state index is 0.0123. The van der Waals surface area contributed by atoms with Crippen LogP contribution in [-0.4, -0.2) is 5.91 Å². The molecule has 3 N–H and O–H groups in total. The predicted octanol–water partition coefficient (Wildman–Crippen LogP) is 4.31. The number of nitrogens with two attached hydrogens (primary N) is 1. The van der Waals surface area contributed by atoms with Gasteiger partial charge in [-0.2, -0.15) is 0 Å². The van der Waals surface area contributed by atoms with Crippen molar-refractivity contribution in [2.45, 2.75) is 12.8 Å². The number of hydrogen-bond acceptors (Lipinski definition) is 2. The molecule has 126 valence electrons. The minimum atomic E-state index is -0.147. The fourth-order valence-corrected chi connectivity index (χ4v) is 2.92. The van der Waals surface area contributed by atoms with Crippen LogP contribution in [0.5, 0.6) is 0 Å². The Hall–Kier alpha value is -3.07. The standard InChI is InChI=1S/C22H22N2O/c23-20-12-7-13-21(16-20)24-22(25)19(14-17-8-3-1-4-9-17)15-18-10-5-2-6-11-18/h1-13,16,19H,14-15,23H2,(H,24,25). The Morgan fingerprint density at radius 3 is 1.88 bits per heavy atom. The molecule has 25 heavy (non-hydrogen) atoms. The van der Waals surface area contributed by atoms with Crippen LogP contribution in [0.3, 0.4) is 0 Å². The molecular formula is C22H22N2O. The largest absolute Gasteiger partial charge is 0.399 e. The Balaban J connectivity index is 1.78. The number of carbonyl (C=O) groups excluding carboxylic acids is 1. The minimum Gasteiger partial charge on any atom is -0.399 e. The molecule has 3 rings (SSSR count). The number of amides is 1. The predicted molar refractivity (Wildman–Crippen MR) is 103 cm³/mol. The fraction of sp³-hybridized carbons (Fsp3) is 0.136. The average Bonchev–Trinajstić information content (AvgIpc) is 2.63. The average molecular weight is 330 g/mol. The third-order valence-electron chi connectivity index (χ3n) is 4.17. The molecule has 0 aromatic heterocycles. The lowest BCUT2D eigenvalue weighted by molar-refractivity contribution is -0.119. The lowest BCUT2D eigenvalue weighted by Crippen LogP contribution is -2.26. The second-order valence-corrected chi connectivity index (χ2v) is 6.19. The highest BCUT2D eigenvalue weighted by atomic mass is 16.1. The van der Waals surface area contributed by atoms with Crippen molar-refractivity contribution in [3.63, 3.8) is 0 Å². The number of benzene rings is 3. The highest BCUT2D eigenvalue weighted by molar-refractivity contribution is 5.93. The Bertz CT molecular complexity index is 774. The third kappa shape index (κ3) is 4.95. The van der Waals surface area contributed by atoms with Crippen molar-refractivity contribution in [1.82, 2.24) is 0 Å². The van der Waals surface area contributed by atoms with E-state index in [1.807, 2.05) is 48.5 Å². The third-order valence-corrected chi connectivity index (χ3v) is 4.17. The SMILES string of the molecule is Nc1cccc(NC(=O)C(Cc2ccccc2)Cc2ccccc2)c1. The van der Waals surface area contributed by atoms with Gasteiger partial charge in [-0.15, -0.1) is 0 Å². The van der Waals surface area contributed by atoms with Crippen LogP contribution < -0.4 is 11.1 Å². The molecule has 3 nitrogen and oxygen atoms in total. The molecule has 0 atom stereocenters. The lowest BCUT2D eigenvalue weighted by Gasteiger charge is -2.17. The van der Waals surface area contributed by atoms with E-state index in [0.717, 1.165) is 16.8 Å². The van der Waals surface area contributed by atoms with Gasteiger partial charge >= 0.3 is 0 Å². The van der Waals surface area contributed by atoms with Gasteiger partial charge in [0.1, 0.15) is 0 Å². The van der Waals surface area contributed by atoms with Crippen molar-refractivity contribution in [3.8, 4) is 0 Å². The first-order valence-electron chi connectivity index (χ1n) is 8.45. The number of nitrogen functional groups attached to an aromatic ring is 1. The van der Waals surface area contributed by atoms with E-state index in [4.69, 9.17) is 5.73 Å². The summed E-state index contributed by atoms with van der Waals surface area (Å²) in [4.78, 5) is 12.9. The molecule has 3 heteroatoms. The molecule has 0 aliphatic heterocycles. The van der Waals surface area contributed by atoms with Crippen LogP contribution in [0.4, 0.5) is 11.4 Å². The van der Waals surface area contributed by atoms with Crippen LogP contribution in [0.25, 0.3) is 0 Å². The number of carbonyl (C=O) groups is 1. The van der Waals surface area contributed by atoms with E-state index in [2.05, 4.69) is 29.6 Å². The maximum atomic E-state index is 12.9. The highest BCUT2D eigenvalue weighted by Gasteiger charge is 2.20. The zero-order chi connectivity index (χ0) is 17.5. The van der Waals surface area contributed by atoms with Gasteiger partial charge < -0.3 is 11.1 Å². The molecule has 0 saturated heterocycles. The van der Waals surface area contributed by atoms with Gasteiger partial charge in [0.25, 0.3) is 0 Å². The summed E-state index contributed by atoms with van der Waals surface area (Å²) in [6.07, 6.45) is 1.40. The number of hydrogen-bond donors (Lipinski definition) is 2. The summed E-state index contributed by atoms with van der Waals surface area (Å²) >= 11 is 0. The fourth-order valence-electron chi connectivity index (χ4n) is 2.92. The highest BCUT2D eigenvalue weighted by Crippen LogP contribution is 2.19. The molecule has 0 bridgehead atoms. The van der Waals surface area contributed by atoms with Crippen molar-refractivity contribution < 1.29 is 4.79 Å². The summed E-state index contributed by atoms with van der Waals surface area (Å²) in [6.45, 7) is 0. The molecule has 0 aliphatic carbocycles. The zero-order valence-electron chi connectivity index (χ0n) is 14.1. The van der Waals surface area contributed by atoms with E-state index in [0.29, 0.717) is 18.5 Å². The first-order valence-corrected chi connectivity index (χ1v) is 8.45. The Morgan fingerprint density at radius 1 is 0.800 bits per heavy atom. The summed E-state index contributed by atoms with van der Waals surface area (Å²) in [6, 6.07) is 27.5. The molecule has 0 spiro atoms. The van der Waals surface area contributed by atoms with Gasteiger partial charge in [-0.3, -0.25) is 4.79 Å². The van der Waals surface area contributed by atoms with E-state index in [1.165, 1.54) is 0 Å².